The van der Waals surface area contributed by atoms with Crippen molar-refractivity contribution in [3.63, 3.8) is 0 Å². The van der Waals surface area contributed by atoms with Gasteiger partial charge in [-0.15, -0.1) is 12.4 Å². The summed E-state index contributed by atoms with van der Waals surface area (Å²) in [7, 11) is -3.51. The molecule has 0 heterocycles. The first-order valence-electron chi connectivity index (χ1n) is 7.89. The lowest BCUT2D eigenvalue weighted by Gasteiger charge is -2.22. The van der Waals surface area contributed by atoms with Gasteiger partial charge in [-0.25, -0.2) is 17.2 Å². The van der Waals surface area contributed by atoms with Crippen molar-refractivity contribution >= 4 is 28.2 Å². The summed E-state index contributed by atoms with van der Waals surface area (Å²) in [4.78, 5) is 12.3. The van der Waals surface area contributed by atoms with Gasteiger partial charge in [0.25, 0.3) is 0 Å². The molecule has 0 aromatic heterocycles. The van der Waals surface area contributed by atoms with E-state index in [9.17, 15) is 22.0 Å². The van der Waals surface area contributed by atoms with Crippen molar-refractivity contribution in [3.8, 4) is 0 Å². The molecule has 0 saturated heterocycles. The third-order valence-electron chi connectivity index (χ3n) is 3.98. The molecule has 148 valence electrons. The average Bonchev–Trinajstić information content (AvgIpc) is 2.60. The zero-order chi connectivity index (χ0) is 19.5. The molecule has 0 aliphatic heterocycles. The second-order valence-corrected chi connectivity index (χ2v) is 8.10. The highest BCUT2D eigenvalue weighted by Crippen LogP contribution is 2.27. The predicted octanol–water partition coefficient (Wildman–Crippen LogP) is 2.59. The van der Waals surface area contributed by atoms with Crippen LogP contribution in [0.4, 0.5) is 8.78 Å². The molecule has 0 spiro atoms. The topological polar surface area (TPSA) is 89.3 Å². The van der Waals surface area contributed by atoms with Crippen molar-refractivity contribution in [2.45, 2.75) is 17.9 Å². The van der Waals surface area contributed by atoms with E-state index in [1.54, 1.807) is 6.92 Å². The minimum atomic E-state index is -3.51. The maximum Gasteiger partial charge on any atom is 0.224 e. The van der Waals surface area contributed by atoms with Crippen molar-refractivity contribution in [2.24, 2.45) is 11.7 Å². The van der Waals surface area contributed by atoms with Gasteiger partial charge in [-0.3, -0.25) is 4.79 Å². The SMILES string of the molecule is CC(CN)C(=O)NC(c1cccc(S(C)(=O)=O)c1)c1cc(F)ccc1F.Cl. The van der Waals surface area contributed by atoms with Crippen molar-refractivity contribution in [1.82, 2.24) is 5.32 Å². The van der Waals surface area contributed by atoms with E-state index in [4.69, 9.17) is 5.73 Å². The second kappa shape index (κ2) is 9.25. The maximum atomic E-state index is 14.3. The number of halogens is 3. The summed E-state index contributed by atoms with van der Waals surface area (Å²) >= 11 is 0. The first-order chi connectivity index (χ1) is 12.1. The zero-order valence-corrected chi connectivity index (χ0v) is 16.4. The molecule has 0 radical (unpaired) electrons. The van der Waals surface area contributed by atoms with Crippen LogP contribution < -0.4 is 11.1 Å². The largest absolute Gasteiger partial charge is 0.345 e. The highest BCUT2D eigenvalue weighted by atomic mass is 35.5. The third-order valence-corrected chi connectivity index (χ3v) is 5.09. The van der Waals surface area contributed by atoms with Gasteiger partial charge >= 0.3 is 0 Å². The fraction of sp³-hybridized carbons (Fsp3) is 0.278. The number of rotatable bonds is 6. The Hall–Kier alpha value is -2.03. The van der Waals surface area contributed by atoms with E-state index >= 15 is 0 Å². The van der Waals surface area contributed by atoms with Crippen LogP contribution in [0.2, 0.25) is 0 Å². The van der Waals surface area contributed by atoms with Gasteiger partial charge < -0.3 is 11.1 Å². The molecule has 0 aliphatic carbocycles. The standard InChI is InChI=1S/C18H20F2N2O3S.ClH/c1-11(10-21)18(23)22-17(15-9-13(19)6-7-16(15)20)12-4-3-5-14(8-12)26(2,24)25;/h3-9,11,17H,10,21H2,1-2H3,(H,22,23);1H. The monoisotopic (exact) mass is 418 g/mol. The summed E-state index contributed by atoms with van der Waals surface area (Å²) in [6, 6.07) is 7.57. The number of nitrogens with one attached hydrogen (secondary N) is 1. The number of amides is 1. The minimum Gasteiger partial charge on any atom is -0.345 e. The van der Waals surface area contributed by atoms with Gasteiger partial charge in [-0.1, -0.05) is 19.1 Å². The normalized spacial score (nSPS) is 13.4. The molecule has 2 aromatic rings. The van der Waals surface area contributed by atoms with E-state index in [0.717, 1.165) is 24.5 Å². The third kappa shape index (κ3) is 5.72. The fourth-order valence-electron chi connectivity index (χ4n) is 2.39. The van der Waals surface area contributed by atoms with Gasteiger partial charge in [0.2, 0.25) is 5.91 Å². The molecule has 0 bridgehead atoms. The lowest BCUT2D eigenvalue weighted by Crippen LogP contribution is -2.36. The second-order valence-electron chi connectivity index (χ2n) is 6.09. The molecule has 1 amide bonds. The molecule has 0 aliphatic rings. The molecule has 27 heavy (non-hydrogen) atoms. The minimum absolute atomic E-state index is 0. The molecule has 0 saturated carbocycles. The average molecular weight is 419 g/mol. The van der Waals surface area contributed by atoms with Crippen LogP contribution in [0, 0.1) is 17.6 Å². The van der Waals surface area contributed by atoms with Crippen LogP contribution in [-0.4, -0.2) is 27.1 Å². The number of hydrogen-bond acceptors (Lipinski definition) is 4. The highest BCUT2D eigenvalue weighted by molar-refractivity contribution is 7.90. The Morgan fingerprint density at radius 3 is 2.44 bits per heavy atom. The van der Waals surface area contributed by atoms with Crippen LogP contribution >= 0.6 is 12.4 Å². The molecule has 9 heteroatoms. The van der Waals surface area contributed by atoms with Gasteiger partial charge in [-0.05, 0) is 35.9 Å². The Kier molecular flexibility index (Phi) is 7.89. The molecule has 2 unspecified atom stereocenters. The van der Waals surface area contributed by atoms with Crippen LogP contribution in [0.1, 0.15) is 24.1 Å². The first kappa shape index (κ1) is 23.0. The van der Waals surface area contributed by atoms with Crippen molar-refractivity contribution in [2.75, 3.05) is 12.8 Å². The quantitative estimate of drug-likeness (QED) is 0.754. The summed E-state index contributed by atoms with van der Waals surface area (Å²) in [5.41, 5.74) is 5.70. The number of carbonyl (C=O) groups excluding carboxylic acids is 1. The van der Waals surface area contributed by atoms with Crippen LogP contribution in [-0.2, 0) is 14.6 Å². The summed E-state index contributed by atoms with van der Waals surface area (Å²) < 4.78 is 51.6. The molecule has 2 atom stereocenters. The predicted molar refractivity (Wildman–Crippen MR) is 101 cm³/mol. The van der Waals surface area contributed by atoms with Gasteiger partial charge in [0.15, 0.2) is 9.84 Å². The Bertz CT molecular complexity index is 923. The number of benzene rings is 2. The van der Waals surface area contributed by atoms with Gasteiger partial charge in [0.05, 0.1) is 10.9 Å². The van der Waals surface area contributed by atoms with Crippen molar-refractivity contribution < 1.29 is 22.0 Å². The van der Waals surface area contributed by atoms with Crippen molar-refractivity contribution in [1.29, 1.82) is 0 Å². The van der Waals surface area contributed by atoms with E-state index in [1.165, 1.54) is 24.3 Å². The summed E-state index contributed by atoms with van der Waals surface area (Å²) in [6.07, 6.45) is 1.04. The van der Waals surface area contributed by atoms with Gasteiger partial charge in [-0.2, -0.15) is 0 Å². The Morgan fingerprint density at radius 1 is 1.19 bits per heavy atom. The van der Waals surface area contributed by atoms with Crippen molar-refractivity contribution in [3.05, 3.63) is 65.2 Å². The number of hydrogen-bond donors (Lipinski definition) is 2. The lowest BCUT2D eigenvalue weighted by atomic mass is 9.97. The first-order valence-corrected chi connectivity index (χ1v) is 9.78. The molecule has 5 nitrogen and oxygen atoms in total. The summed E-state index contributed by atoms with van der Waals surface area (Å²) in [6.45, 7) is 1.68. The maximum absolute atomic E-state index is 14.3. The number of carbonyl (C=O) groups is 1. The summed E-state index contributed by atoms with van der Waals surface area (Å²) in [5, 5.41) is 2.63. The van der Waals surface area contributed by atoms with Gasteiger partial charge in [0, 0.05) is 24.3 Å². The van der Waals surface area contributed by atoms with Crippen LogP contribution in [0.15, 0.2) is 47.4 Å². The number of sulfone groups is 1. The molecular weight excluding hydrogens is 398 g/mol. The molecule has 2 aromatic carbocycles. The van der Waals surface area contributed by atoms with E-state index < -0.39 is 39.3 Å². The molecular formula is C18H21ClF2N2O3S. The van der Waals surface area contributed by atoms with E-state index in [0.29, 0.717) is 5.56 Å². The van der Waals surface area contributed by atoms with Gasteiger partial charge in [0.1, 0.15) is 11.6 Å². The summed E-state index contributed by atoms with van der Waals surface area (Å²) in [5.74, 6) is -2.40. The van der Waals surface area contributed by atoms with Crippen LogP contribution in [0.5, 0.6) is 0 Å². The molecule has 3 N–H and O–H groups in total. The Balaban J connectivity index is 0.00000364. The molecule has 0 fully saturated rings. The Morgan fingerprint density at radius 2 is 1.85 bits per heavy atom. The van der Waals surface area contributed by atoms with Crippen LogP contribution in [0.25, 0.3) is 0 Å². The fourth-order valence-corrected chi connectivity index (χ4v) is 3.07. The Labute approximate surface area is 163 Å². The highest BCUT2D eigenvalue weighted by Gasteiger charge is 2.24. The molecule has 2 rings (SSSR count). The van der Waals surface area contributed by atoms with E-state index in [2.05, 4.69) is 5.32 Å². The van der Waals surface area contributed by atoms with E-state index in [-0.39, 0.29) is 29.4 Å². The van der Waals surface area contributed by atoms with E-state index in [1.807, 2.05) is 0 Å². The smallest absolute Gasteiger partial charge is 0.224 e. The lowest BCUT2D eigenvalue weighted by molar-refractivity contribution is -0.124. The zero-order valence-electron chi connectivity index (χ0n) is 14.8. The van der Waals surface area contributed by atoms with Crippen LogP contribution in [0.3, 0.4) is 0 Å². The number of nitrogens with two attached hydrogens (primary N) is 1.